The number of amides is 2. The van der Waals surface area contributed by atoms with Crippen LogP contribution in [0.25, 0.3) is 11.3 Å². The monoisotopic (exact) mass is 552 g/mol. The summed E-state index contributed by atoms with van der Waals surface area (Å²) < 4.78 is 49.0. The third kappa shape index (κ3) is 5.54. The van der Waals surface area contributed by atoms with Crippen LogP contribution >= 0.6 is 0 Å². The Labute approximate surface area is 231 Å². The summed E-state index contributed by atoms with van der Waals surface area (Å²) in [5, 5.41) is 0. The second kappa shape index (κ2) is 11.3. The lowest BCUT2D eigenvalue weighted by molar-refractivity contribution is -0.137. The molecule has 3 aromatic rings. The molecule has 2 aliphatic rings. The van der Waals surface area contributed by atoms with E-state index < -0.39 is 34.6 Å². The van der Waals surface area contributed by atoms with Crippen LogP contribution in [0.1, 0.15) is 27.2 Å². The predicted molar refractivity (Wildman–Crippen MR) is 144 cm³/mol. The molecule has 2 amide bonds. The molecular weight excluding hydrogens is 521 g/mol. The number of hydrogen-bond acceptors (Lipinski definition) is 5. The Morgan fingerprint density at radius 2 is 1.50 bits per heavy atom. The van der Waals surface area contributed by atoms with Gasteiger partial charge in [0, 0.05) is 45.3 Å². The van der Waals surface area contributed by atoms with Crippen LogP contribution in [0, 0.1) is 38.2 Å². The smallest absolute Gasteiger partial charge is 0.272 e. The molecule has 7 nitrogen and oxygen atoms in total. The van der Waals surface area contributed by atoms with Crippen LogP contribution in [-0.4, -0.2) is 83.4 Å². The largest absolute Gasteiger partial charge is 0.483 e. The second-order valence-electron chi connectivity index (χ2n) is 10.4. The highest BCUT2D eigenvalue weighted by Gasteiger charge is 2.36. The van der Waals surface area contributed by atoms with Crippen LogP contribution in [0.3, 0.4) is 0 Å². The summed E-state index contributed by atoms with van der Waals surface area (Å²) in [4.78, 5) is 36.0. The maximum absolute atomic E-state index is 14.5. The summed E-state index contributed by atoms with van der Waals surface area (Å²) >= 11 is 0. The molecule has 5 rings (SSSR count). The van der Waals surface area contributed by atoms with E-state index in [1.165, 1.54) is 12.1 Å². The Morgan fingerprint density at radius 1 is 0.875 bits per heavy atom. The molecule has 0 spiro atoms. The molecule has 0 saturated carbocycles. The third-order valence-corrected chi connectivity index (χ3v) is 7.54. The van der Waals surface area contributed by atoms with Crippen molar-refractivity contribution < 1.29 is 27.5 Å². The summed E-state index contributed by atoms with van der Waals surface area (Å²) in [6, 6.07) is 9.36. The number of ether oxygens (including phenoxy) is 1. The van der Waals surface area contributed by atoms with E-state index >= 15 is 0 Å². The Bertz CT molecular complexity index is 1420. The fraction of sp³-hybridized carbons (Fsp3) is 0.367. The number of halogens is 3. The van der Waals surface area contributed by atoms with Gasteiger partial charge in [-0.3, -0.25) is 14.5 Å². The van der Waals surface area contributed by atoms with Crippen molar-refractivity contribution in [1.82, 2.24) is 19.7 Å². The zero-order valence-corrected chi connectivity index (χ0v) is 22.7. The van der Waals surface area contributed by atoms with E-state index in [2.05, 4.69) is 9.88 Å². The normalized spacial score (nSPS) is 17.5. The number of benzene rings is 2. The van der Waals surface area contributed by atoms with Crippen LogP contribution in [0.5, 0.6) is 5.75 Å². The fourth-order valence-corrected chi connectivity index (χ4v) is 5.61. The molecule has 10 heteroatoms. The first-order chi connectivity index (χ1) is 19.1. The number of carbonyl (C=O) groups excluding carboxylic acids is 2. The van der Waals surface area contributed by atoms with Crippen LogP contribution in [-0.2, 0) is 4.79 Å². The van der Waals surface area contributed by atoms with Gasteiger partial charge in [0.15, 0.2) is 6.61 Å². The highest BCUT2D eigenvalue weighted by atomic mass is 19.1. The van der Waals surface area contributed by atoms with Gasteiger partial charge in [-0.25, -0.2) is 18.2 Å². The van der Waals surface area contributed by atoms with Crippen LogP contribution < -0.4 is 4.74 Å². The highest BCUT2D eigenvalue weighted by Crippen LogP contribution is 2.28. The SMILES string of the molecule is Cc1cc(C)c(OCC(=O)N2CCN3CCN(C(=O)c4ccc(F)c(-c5c(F)cccc5F)n4)CC3C2)c(C)c1. The molecule has 0 bridgehead atoms. The molecule has 2 fully saturated rings. The quantitative estimate of drug-likeness (QED) is 0.476. The molecule has 1 unspecified atom stereocenters. The summed E-state index contributed by atoms with van der Waals surface area (Å²) in [6.07, 6.45) is 0. The van der Waals surface area contributed by atoms with E-state index in [1.54, 1.807) is 9.80 Å². The first kappa shape index (κ1) is 27.6. The number of aromatic nitrogens is 1. The lowest BCUT2D eigenvalue weighted by Gasteiger charge is -2.47. The van der Waals surface area contributed by atoms with Crippen molar-refractivity contribution in [3.05, 3.63) is 82.3 Å². The number of hydrogen-bond donors (Lipinski definition) is 0. The number of pyridine rings is 1. The molecular formula is C30H31F3N4O3. The predicted octanol–water partition coefficient (Wildman–Crippen LogP) is 4.14. The van der Waals surface area contributed by atoms with Crippen LogP contribution in [0.2, 0.25) is 0 Å². The number of aryl methyl sites for hydroxylation is 3. The number of nitrogens with zero attached hydrogens (tertiary/aromatic N) is 4. The van der Waals surface area contributed by atoms with Crippen molar-refractivity contribution in [2.24, 2.45) is 0 Å². The zero-order chi connectivity index (χ0) is 28.6. The first-order valence-corrected chi connectivity index (χ1v) is 13.2. The molecule has 2 aromatic carbocycles. The minimum Gasteiger partial charge on any atom is -0.483 e. The molecule has 0 radical (unpaired) electrons. The molecule has 2 aliphatic heterocycles. The molecule has 40 heavy (non-hydrogen) atoms. The van der Waals surface area contributed by atoms with Gasteiger partial charge in [0.05, 0.1) is 5.56 Å². The van der Waals surface area contributed by atoms with Crippen molar-refractivity contribution in [2.75, 3.05) is 45.9 Å². The van der Waals surface area contributed by atoms with Gasteiger partial charge >= 0.3 is 0 Å². The first-order valence-electron chi connectivity index (χ1n) is 13.2. The number of carbonyl (C=O) groups is 2. The topological polar surface area (TPSA) is 66.0 Å². The maximum atomic E-state index is 14.5. The Kier molecular flexibility index (Phi) is 7.80. The summed E-state index contributed by atoms with van der Waals surface area (Å²) in [7, 11) is 0. The molecule has 0 aliphatic carbocycles. The summed E-state index contributed by atoms with van der Waals surface area (Å²) in [5.74, 6) is -2.73. The van der Waals surface area contributed by atoms with Gasteiger partial charge in [-0.15, -0.1) is 0 Å². The average Bonchev–Trinajstić information content (AvgIpc) is 2.92. The van der Waals surface area contributed by atoms with E-state index in [-0.39, 0.29) is 24.2 Å². The number of rotatable bonds is 5. The van der Waals surface area contributed by atoms with Crippen LogP contribution in [0.15, 0.2) is 42.5 Å². The summed E-state index contributed by atoms with van der Waals surface area (Å²) in [6.45, 7) is 8.88. The van der Waals surface area contributed by atoms with Gasteiger partial charge in [0.1, 0.15) is 34.6 Å². The molecule has 1 aromatic heterocycles. The second-order valence-corrected chi connectivity index (χ2v) is 10.4. The van der Waals surface area contributed by atoms with Crippen molar-refractivity contribution in [1.29, 1.82) is 0 Å². The van der Waals surface area contributed by atoms with Crippen molar-refractivity contribution in [2.45, 2.75) is 26.8 Å². The standard InChI is InChI=1S/C30H31F3N4O3/c1-18-13-19(2)29(20(3)14-18)40-17-26(38)36-11-9-35-10-12-37(16-21(35)15-36)30(39)25-8-7-24(33)28(34-25)27-22(31)5-4-6-23(27)32/h4-8,13-14,21H,9-12,15-17H2,1-3H3. The minimum absolute atomic E-state index is 0.0744. The minimum atomic E-state index is -0.965. The van der Waals surface area contributed by atoms with Gasteiger partial charge < -0.3 is 14.5 Å². The van der Waals surface area contributed by atoms with Crippen molar-refractivity contribution in [3.8, 4) is 17.0 Å². The van der Waals surface area contributed by atoms with E-state index in [0.717, 1.165) is 34.9 Å². The van der Waals surface area contributed by atoms with Gasteiger partial charge in [-0.05, 0) is 56.2 Å². The average molecular weight is 553 g/mol. The Balaban J connectivity index is 1.25. The van der Waals surface area contributed by atoms with Gasteiger partial charge in [0.25, 0.3) is 11.8 Å². The van der Waals surface area contributed by atoms with Crippen LogP contribution in [0.4, 0.5) is 13.2 Å². The molecule has 1 atom stereocenters. The highest BCUT2D eigenvalue weighted by molar-refractivity contribution is 5.93. The molecule has 210 valence electrons. The third-order valence-electron chi connectivity index (χ3n) is 7.54. The summed E-state index contributed by atoms with van der Waals surface area (Å²) in [5.41, 5.74) is 1.83. The fourth-order valence-electron chi connectivity index (χ4n) is 5.61. The number of piperazine rings is 2. The van der Waals surface area contributed by atoms with E-state index in [1.807, 2.05) is 32.9 Å². The molecule has 0 N–H and O–H groups in total. The van der Waals surface area contributed by atoms with Crippen molar-refractivity contribution in [3.63, 3.8) is 0 Å². The van der Waals surface area contributed by atoms with Gasteiger partial charge in [0.2, 0.25) is 0 Å². The van der Waals surface area contributed by atoms with E-state index in [9.17, 15) is 22.8 Å². The molecule has 3 heterocycles. The zero-order valence-electron chi connectivity index (χ0n) is 22.7. The van der Waals surface area contributed by atoms with E-state index in [4.69, 9.17) is 4.74 Å². The Morgan fingerprint density at radius 3 is 2.17 bits per heavy atom. The van der Waals surface area contributed by atoms with E-state index in [0.29, 0.717) is 45.0 Å². The molecule has 2 saturated heterocycles. The lowest BCUT2D eigenvalue weighted by Crippen LogP contribution is -2.63. The maximum Gasteiger partial charge on any atom is 0.272 e. The number of fused-ring (bicyclic) bond motifs is 1. The van der Waals surface area contributed by atoms with Gasteiger partial charge in [-0.1, -0.05) is 23.8 Å². The van der Waals surface area contributed by atoms with Crippen molar-refractivity contribution >= 4 is 11.8 Å². The lowest BCUT2D eigenvalue weighted by atomic mass is 10.1. The van der Waals surface area contributed by atoms with Gasteiger partial charge in [-0.2, -0.15) is 0 Å². The Hall–Kier alpha value is -3.92.